The van der Waals surface area contributed by atoms with Gasteiger partial charge in [0.15, 0.2) is 0 Å². The molecule has 1 aromatic carbocycles. The van der Waals surface area contributed by atoms with E-state index in [1.165, 1.54) is 42.2 Å². The van der Waals surface area contributed by atoms with Crippen LogP contribution < -0.4 is 19.3 Å². The fourth-order valence-corrected chi connectivity index (χ4v) is 10.7. The first-order valence-electron chi connectivity index (χ1n) is 14.2. The number of thiophene rings is 4. The standard InChI is InChI=1S/C34H20N2O6S4/c1-13-5-6-21(43-13)22-7-8-23(45-22)24-12-18-30(46-24)28(32(38)36(18)4)26-16-11-19-15(10-20(16)42-34(26)40)25(33(39)41-19)27-29-17(9-14(2)44-29)35(3)31(27)37/h5-12H,1-4H3/b27-25+,28-26+. The SMILES string of the molecule is Cc1ccc(-c2ccc(-c3cc4c(s3)/C(=C3\C(=O)Oc5cc6c(cc53)OC(=O)/C6=C3/C(=O)N(C)c5cc(C)sc53)C(=O)N4C)s2)s1. The average molecular weight is 681 g/mol. The summed E-state index contributed by atoms with van der Waals surface area (Å²) >= 11 is 6.33. The van der Waals surface area contributed by atoms with Gasteiger partial charge in [-0.3, -0.25) is 9.59 Å². The van der Waals surface area contributed by atoms with E-state index in [1.54, 1.807) is 53.8 Å². The third-order valence-electron chi connectivity index (χ3n) is 8.53. The molecule has 0 fully saturated rings. The third kappa shape index (κ3) is 3.69. The lowest BCUT2D eigenvalue weighted by Gasteiger charge is -2.08. The van der Waals surface area contributed by atoms with Crippen LogP contribution in [0, 0.1) is 13.8 Å². The second kappa shape index (κ2) is 9.46. The van der Waals surface area contributed by atoms with Crippen molar-refractivity contribution in [1.29, 1.82) is 0 Å². The van der Waals surface area contributed by atoms with Crippen molar-refractivity contribution >= 4 is 103 Å². The summed E-state index contributed by atoms with van der Waals surface area (Å²) < 4.78 is 11.4. The van der Waals surface area contributed by atoms with Crippen LogP contribution >= 0.6 is 45.3 Å². The molecule has 0 unspecified atom stereocenters. The Kier molecular flexibility index (Phi) is 5.69. The fraction of sp³-hybridized carbons (Fsp3) is 0.118. The highest BCUT2D eigenvalue weighted by molar-refractivity contribution is 7.27. The maximum absolute atomic E-state index is 13.6. The van der Waals surface area contributed by atoms with Gasteiger partial charge in [-0.1, -0.05) is 0 Å². The summed E-state index contributed by atoms with van der Waals surface area (Å²) in [4.78, 5) is 64.9. The Hall–Kier alpha value is -4.62. The number of nitrogens with zero attached hydrogens (tertiary/aromatic N) is 2. The van der Waals surface area contributed by atoms with Gasteiger partial charge in [-0.05, 0) is 62.4 Å². The number of likely N-dealkylation sites (N-methyl/N-ethyl adjacent to an activating group) is 2. The van der Waals surface area contributed by atoms with Crippen molar-refractivity contribution in [3.8, 4) is 31.0 Å². The predicted octanol–water partition coefficient (Wildman–Crippen LogP) is 7.50. The van der Waals surface area contributed by atoms with Gasteiger partial charge in [0.1, 0.15) is 11.5 Å². The van der Waals surface area contributed by atoms with Gasteiger partial charge in [-0.15, -0.1) is 45.3 Å². The number of carbonyl (C=O) groups is 4. The topological polar surface area (TPSA) is 93.2 Å². The Morgan fingerprint density at radius 1 is 0.522 bits per heavy atom. The Balaban J connectivity index is 1.16. The minimum Gasteiger partial charge on any atom is -0.422 e. The van der Waals surface area contributed by atoms with E-state index in [1.807, 2.05) is 19.1 Å². The first-order chi connectivity index (χ1) is 22.1. The van der Waals surface area contributed by atoms with Crippen LogP contribution in [0.3, 0.4) is 0 Å². The maximum atomic E-state index is 13.6. The molecule has 4 aliphatic rings. The van der Waals surface area contributed by atoms with Crippen LogP contribution in [-0.4, -0.2) is 37.8 Å². The number of anilines is 2. The van der Waals surface area contributed by atoms with Crippen molar-refractivity contribution in [3.05, 3.63) is 79.2 Å². The number of fused-ring (bicyclic) bond motifs is 4. The van der Waals surface area contributed by atoms with Gasteiger partial charge in [0, 0.05) is 54.5 Å². The molecule has 226 valence electrons. The summed E-state index contributed by atoms with van der Waals surface area (Å²) in [5, 5.41) is 0. The minimum absolute atomic E-state index is 0.132. The van der Waals surface area contributed by atoms with Gasteiger partial charge in [0.25, 0.3) is 11.8 Å². The zero-order valence-corrected chi connectivity index (χ0v) is 27.9. The van der Waals surface area contributed by atoms with E-state index in [0.717, 1.165) is 26.0 Å². The molecule has 12 heteroatoms. The molecule has 0 atom stereocenters. The van der Waals surface area contributed by atoms with E-state index < -0.39 is 11.9 Å². The second-order valence-electron chi connectivity index (χ2n) is 11.3. The van der Waals surface area contributed by atoms with Crippen LogP contribution in [-0.2, 0) is 19.2 Å². The molecule has 46 heavy (non-hydrogen) atoms. The van der Waals surface area contributed by atoms with Gasteiger partial charge < -0.3 is 19.3 Å². The van der Waals surface area contributed by atoms with Crippen molar-refractivity contribution in [3.63, 3.8) is 0 Å². The molecule has 4 aromatic heterocycles. The van der Waals surface area contributed by atoms with Gasteiger partial charge in [-0.2, -0.15) is 0 Å². The van der Waals surface area contributed by atoms with Crippen LogP contribution in [0.5, 0.6) is 11.5 Å². The molecule has 0 N–H and O–H groups in total. The smallest absolute Gasteiger partial charge is 0.345 e. The number of amides is 2. The van der Waals surface area contributed by atoms with Crippen molar-refractivity contribution in [2.24, 2.45) is 0 Å². The third-order valence-corrected chi connectivity index (χ3v) is 13.2. The predicted molar refractivity (Wildman–Crippen MR) is 183 cm³/mol. The molecule has 4 aliphatic heterocycles. The summed E-state index contributed by atoms with van der Waals surface area (Å²) in [5.74, 6) is -1.50. The number of benzene rings is 1. The summed E-state index contributed by atoms with van der Waals surface area (Å²) in [6.07, 6.45) is 0. The highest BCUT2D eigenvalue weighted by Gasteiger charge is 2.45. The van der Waals surface area contributed by atoms with Crippen molar-refractivity contribution in [1.82, 2.24) is 0 Å². The van der Waals surface area contributed by atoms with Crippen molar-refractivity contribution in [2.75, 3.05) is 23.9 Å². The zero-order chi connectivity index (χ0) is 31.8. The number of hydrogen-bond donors (Lipinski definition) is 0. The average Bonchev–Trinajstić information content (AvgIpc) is 3.87. The molecule has 8 heterocycles. The van der Waals surface area contributed by atoms with Crippen LogP contribution in [0.4, 0.5) is 11.4 Å². The number of carbonyl (C=O) groups excluding carboxylic acids is 4. The molecule has 0 saturated heterocycles. The number of hydrogen-bond acceptors (Lipinski definition) is 10. The highest BCUT2D eigenvalue weighted by atomic mass is 32.1. The quantitative estimate of drug-likeness (QED) is 0.109. The van der Waals surface area contributed by atoms with E-state index in [4.69, 9.17) is 9.47 Å². The summed E-state index contributed by atoms with van der Waals surface area (Å²) in [6, 6.07) is 15.5. The monoisotopic (exact) mass is 680 g/mol. The van der Waals surface area contributed by atoms with E-state index in [0.29, 0.717) is 20.9 Å². The van der Waals surface area contributed by atoms with Gasteiger partial charge >= 0.3 is 11.9 Å². The molecule has 9 rings (SSSR count). The van der Waals surface area contributed by atoms with E-state index in [-0.39, 0.29) is 45.6 Å². The number of aryl methyl sites for hydroxylation is 2. The van der Waals surface area contributed by atoms with Crippen LogP contribution in [0.1, 0.15) is 30.6 Å². The normalized spacial score (nSPS) is 19.7. The summed E-state index contributed by atoms with van der Waals surface area (Å²) in [5.41, 5.74) is 3.02. The minimum atomic E-state index is -0.655. The fourth-order valence-electron chi connectivity index (χ4n) is 6.33. The van der Waals surface area contributed by atoms with Crippen LogP contribution in [0.25, 0.3) is 41.8 Å². The molecular weight excluding hydrogens is 661 g/mol. The molecule has 2 amide bonds. The Morgan fingerprint density at radius 3 is 1.59 bits per heavy atom. The molecule has 0 radical (unpaired) electrons. The van der Waals surface area contributed by atoms with Crippen molar-refractivity contribution < 1.29 is 28.7 Å². The largest absolute Gasteiger partial charge is 0.422 e. The van der Waals surface area contributed by atoms with Crippen molar-refractivity contribution in [2.45, 2.75) is 13.8 Å². The lowest BCUT2D eigenvalue weighted by Crippen LogP contribution is -2.21. The maximum Gasteiger partial charge on any atom is 0.345 e. The first-order valence-corrected chi connectivity index (χ1v) is 17.5. The number of rotatable bonds is 2. The first kappa shape index (κ1) is 27.7. The molecular formula is C34H20N2O6S4. The van der Waals surface area contributed by atoms with E-state index >= 15 is 0 Å². The Labute approximate surface area is 278 Å². The van der Waals surface area contributed by atoms with Crippen LogP contribution in [0.2, 0.25) is 0 Å². The van der Waals surface area contributed by atoms with Crippen LogP contribution in [0.15, 0.2) is 48.5 Å². The van der Waals surface area contributed by atoms with Gasteiger partial charge in [0.2, 0.25) is 0 Å². The van der Waals surface area contributed by atoms with Gasteiger partial charge in [-0.25, -0.2) is 9.59 Å². The summed E-state index contributed by atoms with van der Waals surface area (Å²) in [6.45, 7) is 4.03. The molecule has 0 bridgehead atoms. The molecule has 0 saturated carbocycles. The Morgan fingerprint density at radius 2 is 1.02 bits per heavy atom. The van der Waals surface area contributed by atoms with Gasteiger partial charge in [0.05, 0.1) is 43.4 Å². The molecule has 0 aliphatic carbocycles. The van der Waals surface area contributed by atoms with E-state index in [2.05, 4.69) is 31.2 Å². The lowest BCUT2D eigenvalue weighted by atomic mass is 9.95. The number of esters is 2. The summed E-state index contributed by atoms with van der Waals surface area (Å²) in [7, 11) is 3.37. The molecule has 8 nitrogen and oxygen atoms in total. The molecule has 0 spiro atoms. The second-order valence-corrected chi connectivity index (χ2v) is 16.0. The Bertz CT molecular complexity index is 2360. The zero-order valence-electron chi connectivity index (χ0n) is 24.6. The van der Waals surface area contributed by atoms with E-state index in [9.17, 15) is 19.2 Å². The lowest BCUT2D eigenvalue weighted by molar-refractivity contribution is -0.127. The number of ether oxygens (including phenoxy) is 2. The highest BCUT2D eigenvalue weighted by Crippen LogP contribution is 2.54. The molecule has 5 aromatic rings.